The van der Waals surface area contributed by atoms with Crippen LogP contribution in [-0.4, -0.2) is 43.3 Å². The standard InChI is InChI=1S/C11H13F3N2O2S/c12-11(13,14)7-18-3-2-16-9(17)5-15-10(16)8-1-4-19-6-8/h1,4,6,10,15H,2-3,5,7H2. The third-order valence-electron chi connectivity index (χ3n) is 2.68. The fourth-order valence-corrected chi connectivity index (χ4v) is 2.55. The maximum atomic E-state index is 11.9. The molecular weight excluding hydrogens is 281 g/mol. The Morgan fingerprint density at radius 2 is 2.32 bits per heavy atom. The van der Waals surface area contributed by atoms with Gasteiger partial charge in [0.15, 0.2) is 0 Å². The van der Waals surface area contributed by atoms with Crippen molar-refractivity contribution in [3.8, 4) is 0 Å². The summed E-state index contributed by atoms with van der Waals surface area (Å²) in [5, 5.41) is 6.81. The highest BCUT2D eigenvalue weighted by Crippen LogP contribution is 2.24. The summed E-state index contributed by atoms with van der Waals surface area (Å²) in [4.78, 5) is 13.2. The first-order chi connectivity index (χ1) is 8.97. The summed E-state index contributed by atoms with van der Waals surface area (Å²) >= 11 is 1.50. The van der Waals surface area contributed by atoms with Crippen molar-refractivity contribution in [2.24, 2.45) is 0 Å². The molecule has 19 heavy (non-hydrogen) atoms. The van der Waals surface area contributed by atoms with Gasteiger partial charge < -0.3 is 9.64 Å². The Hall–Kier alpha value is -1.12. The monoisotopic (exact) mass is 294 g/mol. The second-order valence-electron chi connectivity index (χ2n) is 4.10. The number of alkyl halides is 3. The van der Waals surface area contributed by atoms with Crippen LogP contribution in [-0.2, 0) is 9.53 Å². The van der Waals surface area contributed by atoms with Crippen molar-refractivity contribution in [1.29, 1.82) is 0 Å². The van der Waals surface area contributed by atoms with Crippen LogP contribution in [0.25, 0.3) is 0 Å². The Bertz CT molecular complexity index is 422. The van der Waals surface area contributed by atoms with E-state index < -0.39 is 12.8 Å². The van der Waals surface area contributed by atoms with Gasteiger partial charge in [0, 0.05) is 6.54 Å². The minimum absolute atomic E-state index is 0.131. The average molecular weight is 294 g/mol. The molecule has 4 nitrogen and oxygen atoms in total. The molecule has 0 aromatic carbocycles. The molecule has 1 N–H and O–H groups in total. The van der Waals surface area contributed by atoms with E-state index in [4.69, 9.17) is 0 Å². The molecule has 0 radical (unpaired) electrons. The Morgan fingerprint density at radius 1 is 1.53 bits per heavy atom. The van der Waals surface area contributed by atoms with E-state index in [1.165, 1.54) is 16.2 Å². The van der Waals surface area contributed by atoms with E-state index in [0.29, 0.717) is 0 Å². The van der Waals surface area contributed by atoms with Gasteiger partial charge in [-0.05, 0) is 22.4 Å². The Morgan fingerprint density at radius 3 is 2.95 bits per heavy atom. The average Bonchev–Trinajstić information content (AvgIpc) is 2.93. The lowest BCUT2D eigenvalue weighted by molar-refractivity contribution is -0.174. The number of hydrogen-bond acceptors (Lipinski definition) is 4. The van der Waals surface area contributed by atoms with Crippen molar-refractivity contribution in [3.63, 3.8) is 0 Å². The number of rotatable bonds is 5. The molecular formula is C11H13F3N2O2S. The van der Waals surface area contributed by atoms with Gasteiger partial charge in [0.1, 0.15) is 12.8 Å². The van der Waals surface area contributed by atoms with Gasteiger partial charge in [-0.2, -0.15) is 24.5 Å². The quantitative estimate of drug-likeness (QED) is 0.841. The molecule has 0 aliphatic carbocycles. The van der Waals surface area contributed by atoms with Gasteiger partial charge in [-0.1, -0.05) is 0 Å². The number of halogens is 3. The van der Waals surface area contributed by atoms with Crippen LogP contribution in [0.15, 0.2) is 16.8 Å². The summed E-state index contributed by atoms with van der Waals surface area (Å²) in [5.41, 5.74) is 0.937. The third-order valence-corrected chi connectivity index (χ3v) is 3.38. The van der Waals surface area contributed by atoms with Gasteiger partial charge in [-0.3, -0.25) is 10.1 Å². The Labute approximate surface area is 112 Å². The molecule has 8 heteroatoms. The molecule has 1 aromatic heterocycles. The van der Waals surface area contributed by atoms with E-state index >= 15 is 0 Å². The van der Waals surface area contributed by atoms with Gasteiger partial charge in [0.05, 0.1) is 13.2 Å². The first-order valence-corrected chi connectivity index (χ1v) is 6.61. The van der Waals surface area contributed by atoms with Crippen LogP contribution in [0.2, 0.25) is 0 Å². The number of hydrogen-bond donors (Lipinski definition) is 1. The highest BCUT2D eigenvalue weighted by molar-refractivity contribution is 7.07. The SMILES string of the molecule is O=C1CNC(c2ccsc2)N1CCOCC(F)(F)F. The zero-order chi connectivity index (χ0) is 13.9. The molecule has 1 saturated heterocycles. The van der Waals surface area contributed by atoms with Gasteiger partial charge in [0.2, 0.25) is 5.91 Å². The van der Waals surface area contributed by atoms with Crippen molar-refractivity contribution in [2.75, 3.05) is 26.3 Å². The first-order valence-electron chi connectivity index (χ1n) is 5.67. The largest absolute Gasteiger partial charge is 0.411 e. The summed E-state index contributed by atoms with van der Waals surface area (Å²) in [6.07, 6.45) is -4.60. The summed E-state index contributed by atoms with van der Waals surface area (Å²) < 4.78 is 40.3. The lowest BCUT2D eigenvalue weighted by atomic mass is 10.2. The van der Waals surface area contributed by atoms with E-state index in [-0.39, 0.29) is 31.8 Å². The maximum Gasteiger partial charge on any atom is 0.411 e. The number of amides is 1. The summed E-state index contributed by atoms with van der Waals surface area (Å²) in [7, 11) is 0. The second-order valence-corrected chi connectivity index (χ2v) is 4.88. The first kappa shape index (κ1) is 14.3. The maximum absolute atomic E-state index is 11.9. The number of thiophene rings is 1. The number of ether oxygens (including phenoxy) is 1. The Kier molecular flexibility index (Phi) is 4.43. The van der Waals surface area contributed by atoms with Crippen molar-refractivity contribution >= 4 is 17.2 Å². The van der Waals surface area contributed by atoms with E-state index in [0.717, 1.165) is 5.56 Å². The third kappa shape index (κ3) is 3.92. The van der Waals surface area contributed by atoms with Crippen LogP contribution in [0.3, 0.4) is 0 Å². The number of carbonyl (C=O) groups excluding carboxylic acids is 1. The van der Waals surface area contributed by atoms with Gasteiger partial charge in [-0.25, -0.2) is 0 Å². The molecule has 0 saturated carbocycles. The molecule has 0 bridgehead atoms. The number of nitrogens with one attached hydrogen (secondary N) is 1. The van der Waals surface area contributed by atoms with Crippen LogP contribution in [0.4, 0.5) is 13.2 Å². The van der Waals surface area contributed by atoms with Crippen LogP contribution in [0, 0.1) is 0 Å². The smallest absolute Gasteiger partial charge is 0.370 e. The highest BCUT2D eigenvalue weighted by atomic mass is 32.1. The zero-order valence-corrected chi connectivity index (χ0v) is 10.8. The van der Waals surface area contributed by atoms with E-state index in [1.54, 1.807) is 0 Å². The predicted octanol–water partition coefficient (Wildman–Crippen LogP) is 1.76. The molecule has 0 spiro atoms. The van der Waals surface area contributed by atoms with Gasteiger partial charge >= 0.3 is 6.18 Å². The van der Waals surface area contributed by atoms with E-state index in [2.05, 4.69) is 10.1 Å². The molecule has 1 atom stereocenters. The molecule has 1 fully saturated rings. The van der Waals surface area contributed by atoms with E-state index in [9.17, 15) is 18.0 Å². The summed E-state index contributed by atoms with van der Waals surface area (Å²) in [6.45, 7) is -1.08. The number of nitrogens with zero attached hydrogens (tertiary/aromatic N) is 1. The molecule has 2 heterocycles. The second kappa shape index (κ2) is 5.89. The van der Waals surface area contributed by atoms with Crippen LogP contribution >= 0.6 is 11.3 Å². The van der Waals surface area contributed by atoms with Crippen LogP contribution < -0.4 is 5.32 Å². The van der Waals surface area contributed by atoms with Gasteiger partial charge in [-0.15, -0.1) is 0 Å². The molecule has 1 aliphatic rings. The molecule has 2 rings (SSSR count). The minimum atomic E-state index is -4.33. The lowest BCUT2D eigenvalue weighted by Crippen LogP contribution is -2.33. The van der Waals surface area contributed by atoms with Crippen molar-refractivity contribution in [2.45, 2.75) is 12.3 Å². The molecule has 1 aliphatic heterocycles. The molecule has 106 valence electrons. The molecule has 1 aromatic rings. The zero-order valence-electron chi connectivity index (χ0n) is 9.94. The van der Waals surface area contributed by atoms with Crippen molar-refractivity contribution in [3.05, 3.63) is 22.4 Å². The highest BCUT2D eigenvalue weighted by Gasteiger charge is 2.32. The van der Waals surface area contributed by atoms with Crippen molar-refractivity contribution < 1.29 is 22.7 Å². The fraction of sp³-hybridized carbons (Fsp3) is 0.545. The van der Waals surface area contributed by atoms with Crippen LogP contribution in [0.5, 0.6) is 0 Å². The fourth-order valence-electron chi connectivity index (χ4n) is 1.87. The minimum Gasteiger partial charge on any atom is -0.370 e. The Balaban J connectivity index is 1.85. The van der Waals surface area contributed by atoms with Crippen molar-refractivity contribution in [1.82, 2.24) is 10.2 Å². The molecule has 1 amide bonds. The summed E-state index contributed by atoms with van der Waals surface area (Å²) in [5.74, 6) is -0.133. The summed E-state index contributed by atoms with van der Waals surface area (Å²) in [6, 6.07) is 1.88. The lowest BCUT2D eigenvalue weighted by Gasteiger charge is -2.23. The molecule has 1 unspecified atom stereocenters. The topological polar surface area (TPSA) is 41.6 Å². The normalized spacial score (nSPS) is 20.3. The van der Waals surface area contributed by atoms with Crippen LogP contribution in [0.1, 0.15) is 11.7 Å². The number of carbonyl (C=O) groups is 1. The van der Waals surface area contributed by atoms with E-state index in [1.807, 2.05) is 16.8 Å². The predicted molar refractivity (Wildman–Crippen MR) is 63.6 cm³/mol. The van der Waals surface area contributed by atoms with Gasteiger partial charge in [0.25, 0.3) is 0 Å².